The zero-order chi connectivity index (χ0) is 24.4. The minimum Gasteiger partial charge on any atom is -0.341 e. The third-order valence-corrected chi connectivity index (χ3v) is 7.58. The Hall–Kier alpha value is -3.40. The van der Waals surface area contributed by atoms with Gasteiger partial charge in [0.05, 0.1) is 4.92 Å². The Balaban J connectivity index is 1.46. The van der Waals surface area contributed by atoms with Gasteiger partial charge in [0.2, 0.25) is 11.9 Å². The Morgan fingerprint density at radius 2 is 1.86 bits per heavy atom. The zero-order valence-electron chi connectivity index (χ0n) is 19.6. The molecule has 1 amide bonds. The van der Waals surface area contributed by atoms with Crippen molar-refractivity contribution in [1.29, 1.82) is 0 Å². The van der Waals surface area contributed by atoms with Gasteiger partial charge in [-0.25, -0.2) is 0 Å². The summed E-state index contributed by atoms with van der Waals surface area (Å²) in [5, 5.41) is 23.5. The first-order valence-electron chi connectivity index (χ1n) is 12.0. The van der Waals surface area contributed by atoms with Gasteiger partial charge in [0.1, 0.15) is 10.9 Å². The molecule has 35 heavy (non-hydrogen) atoms. The highest BCUT2D eigenvalue weighted by atomic mass is 32.2. The van der Waals surface area contributed by atoms with Gasteiger partial charge >= 0.3 is 0 Å². The molecule has 0 radical (unpaired) electrons. The Bertz CT molecular complexity index is 1220. The van der Waals surface area contributed by atoms with E-state index in [-0.39, 0.29) is 17.3 Å². The zero-order valence-corrected chi connectivity index (χ0v) is 20.4. The first-order chi connectivity index (χ1) is 17.0. The van der Waals surface area contributed by atoms with Crippen LogP contribution in [0.3, 0.4) is 0 Å². The second-order valence-corrected chi connectivity index (χ2v) is 10.2. The predicted octanol–water partition coefficient (Wildman–Crippen LogP) is 5.29. The van der Waals surface area contributed by atoms with Crippen molar-refractivity contribution >= 4 is 35.0 Å². The molecule has 10 heteroatoms. The van der Waals surface area contributed by atoms with Crippen molar-refractivity contribution in [2.24, 2.45) is 0 Å². The lowest BCUT2D eigenvalue weighted by Crippen LogP contribution is -2.32. The van der Waals surface area contributed by atoms with Crippen LogP contribution in [0.2, 0.25) is 0 Å². The summed E-state index contributed by atoms with van der Waals surface area (Å²) >= 11 is 1.35. The van der Waals surface area contributed by atoms with Gasteiger partial charge in [0.25, 0.3) is 5.69 Å². The highest BCUT2D eigenvalue weighted by molar-refractivity contribution is 8.00. The number of carbonyl (C=O) groups excluding carboxylic acids is 1. The van der Waals surface area contributed by atoms with Crippen LogP contribution in [0.15, 0.2) is 53.7 Å². The summed E-state index contributed by atoms with van der Waals surface area (Å²) in [5.41, 5.74) is 1.62. The normalized spacial score (nSPS) is 16.7. The summed E-state index contributed by atoms with van der Waals surface area (Å²) < 4.78 is 2.19. The molecular weight excluding hydrogens is 464 g/mol. The van der Waals surface area contributed by atoms with E-state index >= 15 is 0 Å². The molecule has 182 valence electrons. The van der Waals surface area contributed by atoms with Gasteiger partial charge in [0.15, 0.2) is 5.16 Å². The molecule has 3 aromatic rings. The molecule has 2 aromatic carbocycles. The fourth-order valence-electron chi connectivity index (χ4n) is 4.41. The largest absolute Gasteiger partial charge is 0.341 e. The van der Waals surface area contributed by atoms with Crippen LogP contribution in [0.25, 0.3) is 0 Å². The second kappa shape index (κ2) is 10.1. The molecule has 9 nitrogen and oxygen atoms in total. The van der Waals surface area contributed by atoms with E-state index in [9.17, 15) is 14.9 Å². The lowest BCUT2D eigenvalue weighted by molar-refractivity contribution is -0.384. The number of carbonyl (C=O) groups is 1. The van der Waals surface area contributed by atoms with Gasteiger partial charge in [-0.05, 0) is 56.2 Å². The van der Waals surface area contributed by atoms with Crippen LogP contribution in [0, 0.1) is 17.0 Å². The molecule has 1 aliphatic carbocycles. The van der Waals surface area contributed by atoms with Gasteiger partial charge in [0, 0.05) is 25.2 Å². The number of nitrogens with one attached hydrogen (secondary N) is 1. The van der Waals surface area contributed by atoms with Crippen molar-refractivity contribution in [3.8, 4) is 0 Å². The number of hydrogen-bond acceptors (Lipinski definition) is 7. The van der Waals surface area contributed by atoms with E-state index < -0.39 is 10.2 Å². The van der Waals surface area contributed by atoms with Gasteiger partial charge in [-0.3, -0.25) is 19.5 Å². The Morgan fingerprint density at radius 1 is 1.11 bits per heavy atom. The highest BCUT2D eigenvalue weighted by Gasteiger charge is 2.34. The lowest BCUT2D eigenvalue weighted by atomic mass is 10.1. The molecule has 0 bridgehead atoms. The Morgan fingerprint density at radius 3 is 2.54 bits per heavy atom. The van der Waals surface area contributed by atoms with E-state index in [0.717, 1.165) is 55.8 Å². The molecule has 1 saturated heterocycles. The number of nitro groups is 1. The summed E-state index contributed by atoms with van der Waals surface area (Å²) in [6.45, 7) is 3.72. The van der Waals surface area contributed by atoms with E-state index in [0.29, 0.717) is 11.2 Å². The molecular formula is C25H28N6O3S. The first kappa shape index (κ1) is 23.3. The number of piperidine rings is 1. The lowest BCUT2D eigenvalue weighted by Gasteiger charge is -2.28. The fraction of sp³-hybridized carbons (Fsp3) is 0.400. The highest BCUT2D eigenvalue weighted by Crippen LogP contribution is 2.44. The average molecular weight is 493 g/mol. The molecule has 2 aliphatic rings. The van der Waals surface area contributed by atoms with Gasteiger partial charge in [-0.15, -0.1) is 10.2 Å². The second-order valence-electron chi connectivity index (χ2n) is 9.11. The van der Waals surface area contributed by atoms with E-state index in [2.05, 4.69) is 25.0 Å². The maximum Gasteiger partial charge on any atom is 0.293 e. The summed E-state index contributed by atoms with van der Waals surface area (Å²) in [6, 6.07) is 14.6. The third kappa shape index (κ3) is 5.17. The number of hydrogen-bond donors (Lipinski definition) is 1. The van der Waals surface area contributed by atoms with Crippen LogP contribution in [0.5, 0.6) is 0 Å². The summed E-state index contributed by atoms with van der Waals surface area (Å²) in [5.74, 6) is 0.550. The van der Waals surface area contributed by atoms with Crippen LogP contribution in [-0.4, -0.2) is 38.7 Å². The van der Waals surface area contributed by atoms with Crippen molar-refractivity contribution < 1.29 is 9.72 Å². The van der Waals surface area contributed by atoms with Crippen molar-refractivity contribution in [3.05, 3.63) is 69.8 Å². The maximum absolute atomic E-state index is 13.6. The van der Waals surface area contributed by atoms with Crippen LogP contribution >= 0.6 is 11.8 Å². The molecule has 1 N–H and O–H groups in total. The van der Waals surface area contributed by atoms with E-state index in [4.69, 9.17) is 0 Å². The minimum absolute atomic E-state index is 0.122. The quantitative estimate of drug-likeness (QED) is 0.259. The molecule has 2 heterocycles. The SMILES string of the molecule is Cc1ccc(NC(=O)[C@@H](Sc2nnc(N3CCCCC3)n2C2CC2)c2ccccc2)c([N+](=O)[O-])c1. The molecule has 5 rings (SSSR count). The fourth-order valence-corrected chi connectivity index (χ4v) is 5.52. The van der Waals surface area contributed by atoms with E-state index in [1.54, 1.807) is 19.1 Å². The van der Waals surface area contributed by atoms with E-state index in [1.807, 2.05) is 30.3 Å². The minimum atomic E-state index is -0.645. The standard InChI is InChI=1S/C25H28N6O3S/c1-17-10-13-20(21(16-17)31(33)34)26-23(32)22(18-8-4-2-5-9-18)35-25-28-27-24(30(25)19-11-12-19)29-14-6-3-7-15-29/h2,4-5,8-10,13,16,19,22H,3,6-7,11-12,14-15H2,1H3,(H,26,32)/t22-/m0/s1. The average Bonchev–Trinajstić information content (AvgIpc) is 3.63. The number of aromatic nitrogens is 3. The Labute approximate surface area is 208 Å². The predicted molar refractivity (Wildman–Crippen MR) is 136 cm³/mol. The number of thioether (sulfide) groups is 1. The van der Waals surface area contributed by atoms with Gasteiger partial charge in [-0.1, -0.05) is 48.2 Å². The molecule has 1 atom stereocenters. The van der Waals surface area contributed by atoms with Crippen LogP contribution < -0.4 is 10.2 Å². The van der Waals surface area contributed by atoms with Gasteiger partial charge < -0.3 is 10.2 Å². The summed E-state index contributed by atoms with van der Waals surface area (Å²) in [6.07, 6.45) is 5.67. The smallest absolute Gasteiger partial charge is 0.293 e. The number of amides is 1. The number of rotatable bonds is 8. The van der Waals surface area contributed by atoms with Crippen molar-refractivity contribution in [2.45, 2.75) is 55.5 Å². The maximum atomic E-state index is 13.6. The number of benzene rings is 2. The van der Waals surface area contributed by atoms with Crippen LogP contribution in [0.4, 0.5) is 17.3 Å². The van der Waals surface area contributed by atoms with Crippen molar-refractivity contribution in [2.75, 3.05) is 23.3 Å². The molecule has 1 saturated carbocycles. The first-order valence-corrected chi connectivity index (χ1v) is 12.9. The molecule has 2 fully saturated rings. The molecule has 0 unspecified atom stereocenters. The Kier molecular flexibility index (Phi) is 6.72. The number of anilines is 2. The number of aryl methyl sites for hydroxylation is 1. The van der Waals surface area contributed by atoms with E-state index in [1.165, 1.54) is 24.2 Å². The topological polar surface area (TPSA) is 106 Å². The van der Waals surface area contributed by atoms with Gasteiger partial charge in [-0.2, -0.15) is 0 Å². The van der Waals surface area contributed by atoms with Crippen molar-refractivity contribution in [3.63, 3.8) is 0 Å². The monoisotopic (exact) mass is 492 g/mol. The molecule has 1 aliphatic heterocycles. The summed E-state index contributed by atoms with van der Waals surface area (Å²) in [7, 11) is 0. The molecule has 0 spiro atoms. The molecule has 1 aromatic heterocycles. The van der Waals surface area contributed by atoms with Crippen LogP contribution in [0.1, 0.15) is 54.5 Å². The number of nitro benzene ring substituents is 1. The number of nitrogens with zero attached hydrogens (tertiary/aromatic N) is 5. The summed E-state index contributed by atoms with van der Waals surface area (Å²) in [4.78, 5) is 27.0. The van der Waals surface area contributed by atoms with Crippen LogP contribution in [-0.2, 0) is 4.79 Å². The van der Waals surface area contributed by atoms with Crippen molar-refractivity contribution in [1.82, 2.24) is 14.8 Å². The third-order valence-electron chi connectivity index (χ3n) is 6.37.